The van der Waals surface area contributed by atoms with E-state index in [9.17, 15) is 0 Å². The lowest BCUT2D eigenvalue weighted by Crippen LogP contribution is -3.00. The highest BCUT2D eigenvalue weighted by molar-refractivity contribution is 6.05. The van der Waals surface area contributed by atoms with Crippen molar-refractivity contribution in [2.45, 2.75) is 19.9 Å². The van der Waals surface area contributed by atoms with Gasteiger partial charge >= 0.3 is 0 Å². The molecule has 4 aromatic rings. The summed E-state index contributed by atoms with van der Waals surface area (Å²) in [6.07, 6.45) is 0.798. The number of aromatic nitrogens is 2. The van der Waals surface area contributed by atoms with E-state index in [0.717, 1.165) is 84.4 Å². The number of halogens is 1. The molecule has 0 spiro atoms. The topological polar surface area (TPSA) is 63.9 Å². The Morgan fingerprint density at radius 3 is 2.59 bits per heavy atom. The Morgan fingerprint density at radius 2 is 1.75 bits per heavy atom. The second-order valence-corrected chi connectivity index (χ2v) is 8.04. The van der Waals surface area contributed by atoms with Gasteiger partial charge in [0.05, 0.1) is 0 Å². The molecule has 1 saturated heterocycles. The Kier molecular flexibility index (Phi) is 5.53. The van der Waals surface area contributed by atoms with Gasteiger partial charge in [-0.1, -0.05) is 25.1 Å². The van der Waals surface area contributed by atoms with Crippen LogP contribution in [0.3, 0.4) is 0 Å². The number of ether oxygens (including phenoxy) is 2. The average molecular weight is 452 g/mol. The minimum absolute atomic E-state index is 0. The van der Waals surface area contributed by atoms with E-state index in [-0.39, 0.29) is 12.4 Å². The summed E-state index contributed by atoms with van der Waals surface area (Å²) in [6, 6.07) is 14.3. The van der Waals surface area contributed by atoms with Crippen molar-refractivity contribution < 1.29 is 26.3 Å². The molecule has 0 N–H and O–H groups in total. The monoisotopic (exact) mass is 451 g/mol. The van der Waals surface area contributed by atoms with Crippen molar-refractivity contribution in [2.24, 2.45) is 0 Å². The summed E-state index contributed by atoms with van der Waals surface area (Å²) in [4.78, 5) is 14.4. The molecule has 2 aromatic heterocycles. The predicted molar refractivity (Wildman–Crippen MR) is 119 cm³/mol. The number of furan rings is 1. The first-order valence-electron chi connectivity index (χ1n) is 10.8. The number of nitrogens with zero attached hydrogens (tertiary/aromatic N) is 4. The molecule has 0 bridgehead atoms. The third-order valence-corrected chi connectivity index (χ3v) is 6.08. The number of benzene rings is 2. The van der Waals surface area contributed by atoms with E-state index in [1.807, 2.05) is 24.3 Å². The number of fused-ring (bicyclic) bond motifs is 4. The van der Waals surface area contributed by atoms with Gasteiger partial charge in [-0.2, -0.15) is 0 Å². The number of piperazine rings is 1. The van der Waals surface area contributed by atoms with E-state index in [1.54, 1.807) is 0 Å². The fraction of sp³-hybridized carbons (Fsp3) is 0.333. The van der Waals surface area contributed by atoms with Crippen LogP contribution in [0.15, 0.2) is 46.9 Å². The molecule has 0 aliphatic carbocycles. The normalized spacial score (nSPS) is 16.0. The van der Waals surface area contributed by atoms with Gasteiger partial charge in [0.1, 0.15) is 16.9 Å². The average Bonchev–Trinajstić information content (AvgIpc) is 3.43. The summed E-state index contributed by atoms with van der Waals surface area (Å²) in [6.45, 7) is 7.02. The Bertz CT molecular complexity index is 1270. The largest absolute Gasteiger partial charge is 1.00 e. The van der Waals surface area contributed by atoms with Gasteiger partial charge in [0.15, 0.2) is 22.9 Å². The SMILES string of the molecule is CCc1nc(N2CCN(Cc3ccc4c(c3)OCO4)CC2)c2oc3ccccc3c2n1.[Cl-]. The van der Waals surface area contributed by atoms with E-state index in [1.165, 1.54) is 5.56 Å². The smallest absolute Gasteiger partial charge is 0.231 e. The Labute approximate surface area is 192 Å². The summed E-state index contributed by atoms with van der Waals surface area (Å²) < 4.78 is 17.1. The number of rotatable bonds is 4. The van der Waals surface area contributed by atoms with Crippen molar-refractivity contribution in [3.05, 3.63) is 53.9 Å². The molecule has 0 atom stereocenters. The van der Waals surface area contributed by atoms with Crippen LogP contribution in [0.25, 0.3) is 22.1 Å². The van der Waals surface area contributed by atoms with Crippen LogP contribution in [0.4, 0.5) is 5.82 Å². The molecule has 0 saturated carbocycles. The van der Waals surface area contributed by atoms with E-state index in [2.05, 4.69) is 34.9 Å². The standard InChI is InChI=1S/C24H24N4O3.ClH/c1-2-21-25-22-17-5-3-4-6-18(17)31-23(22)24(26-21)28-11-9-27(10-12-28)14-16-7-8-19-20(13-16)30-15-29-19;/h3-8,13H,2,9-12,14-15H2,1H3;1H/p-1. The maximum Gasteiger partial charge on any atom is 0.231 e. The van der Waals surface area contributed by atoms with Gasteiger partial charge in [0.25, 0.3) is 0 Å². The van der Waals surface area contributed by atoms with Crippen molar-refractivity contribution in [2.75, 3.05) is 37.9 Å². The molecule has 1 fully saturated rings. The van der Waals surface area contributed by atoms with Gasteiger partial charge in [-0.25, -0.2) is 9.97 Å². The Hall–Kier alpha value is -3.03. The van der Waals surface area contributed by atoms with Crippen molar-refractivity contribution in [1.29, 1.82) is 0 Å². The van der Waals surface area contributed by atoms with Gasteiger partial charge in [0.2, 0.25) is 6.79 Å². The summed E-state index contributed by atoms with van der Waals surface area (Å²) in [5.74, 6) is 3.45. The second-order valence-electron chi connectivity index (χ2n) is 8.04. The molecule has 2 aliphatic heterocycles. The van der Waals surface area contributed by atoms with E-state index in [0.29, 0.717) is 6.79 Å². The van der Waals surface area contributed by atoms with Crippen LogP contribution >= 0.6 is 0 Å². The second kappa shape index (κ2) is 8.48. The molecule has 32 heavy (non-hydrogen) atoms. The van der Waals surface area contributed by atoms with Crippen LogP contribution in [0.5, 0.6) is 11.5 Å². The van der Waals surface area contributed by atoms with Crippen molar-refractivity contribution in [3.63, 3.8) is 0 Å². The van der Waals surface area contributed by atoms with Crippen LogP contribution in [0.1, 0.15) is 18.3 Å². The zero-order valence-electron chi connectivity index (χ0n) is 17.9. The zero-order valence-corrected chi connectivity index (χ0v) is 18.6. The first kappa shape index (κ1) is 20.8. The molecule has 4 heterocycles. The molecular formula is C24H24ClN4O3-. The van der Waals surface area contributed by atoms with Crippen molar-refractivity contribution in [1.82, 2.24) is 14.9 Å². The first-order chi connectivity index (χ1) is 15.3. The highest BCUT2D eigenvalue weighted by Gasteiger charge is 2.24. The molecule has 2 aliphatic rings. The third-order valence-electron chi connectivity index (χ3n) is 6.08. The van der Waals surface area contributed by atoms with Crippen LogP contribution in [-0.4, -0.2) is 47.8 Å². The Balaban J connectivity index is 0.00000216. The van der Waals surface area contributed by atoms with Gasteiger partial charge in [-0.3, -0.25) is 4.90 Å². The number of hydrogen-bond donors (Lipinski definition) is 0. The number of hydrogen-bond acceptors (Lipinski definition) is 7. The van der Waals surface area contributed by atoms with Crippen LogP contribution < -0.4 is 26.8 Å². The molecule has 8 heteroatoms. The molecule has 2 aromatic carbocycles. The van der Waals surface area contributed by atoms with E-state index in [4.69, 9.17) is 23.9 Å². The fourth-order valence-corrected chi connectivity index (χ4v) is 4.41. The fourth-order valence-electron chi connectivity index (χ4n) is 4.41. The molecular weight excluding hydrogens is 428 g/mol. The van der Waals surface area contributed by atoms with Crippen molar-refractivity contribution >= 4 is 27.9 Å². The molecule has 6 rings (SSSR count). The lowest BCUT2D eigenvalue weighted by molar-refractivity contribution is -0.00000833. The highest BCUT2D eigenvalue weighted by Crippen LogP contribution is 2.34. The summed E-state index contributed by atoms with van der Waals surface area (Å²) in [5, 5.41) is 1.05. The summed E-state index contributed by atoms with van der Waals surface area (Å²) in [5.41, 5.74) is 3.82. The molecule has 0 amide bonds. The number of para-hydroxylation sites is 1. The van der Waals surface area contributed by atoms with Gasteiger partial charge < -0.3 is 31.2 Å². The summed E-state index contributed by atoms with van der Waals surface area (Å²) in [7, 11) is 0. The number of anilines is 1. The van der Waals surface area contributed by atoms with Gasteiger partial charge in [-0.05, 0) is 29.8 Å². The molecule has 0 unspecified atom stereocenters. The maximum absolute atomic E-state index is 6.20. The molecule has 7 nitrogen and oxygen atoms in total. The quantitative estimate of drug-likeness (QED) is 0.458. The maximum atomic E-state index is 6.20. The van der Waals surface area contributed by atoms with Gasteiger partial charge in [-0.15, -0.1) is 0 Å². The predicted octanol–water partition coefficient (Wildman–Crippen LogP) is 0.993. The van der Waals surface area contributed by atoms with Crippen LogP contribution in [0.2, 0.25) is 0 Å². The van der Waals surface area contributed by atoms with E-state index >= 15 is 0 Å². The highest BCUT2D eigenvalue weighted by atomic mass is 35.5. The van der Waals surface area contributed by atoms with Crippen LogP contribution in [0, 0.1) is 0 Å². The molecule has 166 valence electrons. The van der Waals surface area contributed by atoms with Crippen LogP contribution in [-0.2, 0) is 13.0 Å². The summed E-state index contributed by atoms with van der Waals surface area (Å²) >= 11 is 0. The lowest BCUT2D eigenvalue weighted by atomic mass is 10.1. The zero-order chi connectivity index (χ0) is 20.8. The van der Waals surface area contributed by atoms with Gasteiger partial charge in [0, 0.05) is 44.5 Å². The van der Waals surface area contributed by atoms with E-state index < -0.39 is 0 Å². The third kappa shape index (κ3) is 3.61. The molecule has 0 radical (unpaired) electrons. The first-order valence-corrected chi connectivity index (χ1v) is 10.8. The van der Waals surface area contributed by atoms with Crippen molar-refractivity contribution in [3.8, 4) is 11.5 Å². The number of aryl methyl sites for hydroxylation is 1. The minimum atomic E-state index is 0. The Morgan fingerprint density at radius 1 is 0.938 bits per heavy atom. The lowest BCUT2D eigenvalue weighted by Gasteiger charge is -2.35. The minimum Gasteiger partial charge on any atom is -1.00 e.